The minimum atomic E-state index is -1.45. The Morgan fingerprint density at radius 3 is 2.27 bits per heavy atom. The second-order valence-electron chi connectivity index (χ2n) is 13.6. The number of hydrazine groups is 1. The first kappa shape index (κ1) is 38.6. The van der Waals surface area contributed by atoms with Gasteiger partial charge in [0.05, 0.1) is 11.7 Å². The molecule has 5 N–H and O–H groups in total. The predicted octanol–water partition coefficient (Wildman–Crippen LogP) is 3.86. The van der Waals surface area contributed by atoms with E-state index in [0.717, 1.165) is 23.8 Å². The molecule has 1 heterocycles. The average molecular weight is 687 g/mol. The Balaban J connectivity index is 2.13. The number of alkyl carbamates (subject to hydrolysis) is 1. The van der Waals surface area contributed by atoms with E-state index in [-0.39, 0.29) is 36.6 Å². The number of nitrogens with zero attached hydrogens (tertiary/aromatic N) is 4. The van der Waals surface area contributed by atoms with Gasteiger partial charge in [-0.15, -0.1) is 0 Å². The van der Waals surface area contributed by atoms with E-state index in [2.05, 4.69) is 5.32 Å². The molecule has 0 radical (unpaired) electrons. The highest BCUT2D eigenvalue weighted by atomic mass is 19.1. The first-order chi connectivity index (χ1) is 22.8. The lowest BCUT2D eigenvalue weighted by molar-refractivity contribution is -0.146. The Hall–Kier alpha value is -4.89. The first-order valence-corrected chi connectivity index (χ1v) is 15.5. The third-order valence-electron chi connectivity index (χ3n) is 7.28. The summed E-state index contributed by atoms with van der Waals surface area (Å²) in [6.45, 7) is 8.44. The van der Waals surface area contributed by atoms with Gasteiger partial charge in [0.1, 0.15) is 42.3 Å². The minimum Gasteiger partial charge on any atom is -0.480 e. The summed E-state index contributed by atoms with van der Waals surface area (Å²) >= 11 is 0. The number of aromatic nitrogens is 2. The minimum absolute atomic E-state index is 0.0978. The molecular formula is C34H44F2N6O7. The van der Waals surface area contributed by atoms with Crippen LogP contribution in [0.1, 0.15) is 65.4 Å². The van der Waals surface area contributed by atoms with E-state index in [1.54, 1.807) is 31.5 Å². The Morgan fingerprint density at radius 2 is 1.69 bits per heavy atom. The van der Waals surface area contributed by atoms with Gasteiger partial charge in [-0.3, -0.25) is 19.4 Å². The Bertz CT molecular complexity index is 1640. The number of nitrogens with one attached hydrogen (secondary N) is 1. The summed E-state index contributed by atoms with van der Waals surface area (Å²) in [5, 5.41) is 22.1. The molecule has 3 rings (SSSR count). The van der Waals surface area contributed by atoms with Crippen LogP contribution in [0.4, 0.5) is 13.6 Å². The monoisotopic (exact) mass is 686 g/mol. The standard InChI is InChI=1S/C34H44F2N6O7/c1-33(2,3)29(30-38-26(23-16-22(35)12-13-24(23)36)18-40(30)17-21-10-8-7-9-11-21)41(27(44)20-43)15-14-25(31(47)42(37)19-28(45)46)39-32(48)49-34(4,5)6/h7-13,16,18,25,29,43H,14-15,17,19-20,37H2,1-6H3,(H,39,48)(H,45,46). The lowest BCUT2D eigenvalue weighted by Crippen LogP contribution is -2.54. The summed E-state index contributed by atoms with van der Waals surface area (Å²) in [6.07, 6.45) is 0.283. The molecule has 0 saturated carbocycles. The number of carbonyl (C=O) groups excluding carboxylic acids is 3. The number of rotatable bonds is 13. The van der Waals surface area contributed by atoms with Crippen molar-refractivity contribution < 1.29 is 42.9 Å². The van der Waals surface area contributed by atoms with Crippen molar-refractivity contribution in [2.75, 3.05) is 19.7 Å². The summed E-state index contributed by atoms with van der Waals surface area (Å²) in [5.41, 5.74) is -0.917. The molecule has 49 heavy (non-hydrogen) atoms. The summed E-state index contributed by atoms with van der Waals surface area (Å²) < 4.78 is 36.3. The van der Waals surface area contributed by atoms with E-state index in [9.17, 15) is 38.2 Å². The number of hydrogen-bond donors (Lipinski definition) is 4. The zero-order valence-corrected chi connectivity index (χ0v) is 28.4. The Kier molecular flexibility index (Phi) is 12.6. The molecule has 3 amide bonds. The van der Waals surface area contributed by atoms with Crippen LogP contribution in [0.15, 0.2) is 54.7 Å². The van der Waals surface area contributed by atoms with Crippen LogP contribution in [0.3, 0.4) is 0 Å². The number of ether oxygens (including phenoxy) is 1. The number of aliphatic hydroxyl groups excluding tert-OH is 1. The van der Waals surface area contributed by atoms with Crippen molar-refractivity contribution in [3.8, 4) is 11.3 Å². The number of benzene rings is 2. The molecule has 0 aliphatic rings. The lowest BCUT2D eigenvalue weighted by Gasteiger charge is -2.40. The van der Waals surface area contributed by atoms with Gasteiger partial charge in [0.2, 0.25) is 5.91 Å². The topological polar surface area (TPSA) is 180 Å². The second kappa shape index (κ2) is 16.0. The molecule has 0 aliphatic heterocycles. The molecule has 0 bridgehead atoms. The summed E-state index contributed by atoms with van der Waals surface area (Å²) in [7, 11) is 0. The van der Waals surface area contributed by atoms with Gasteiger partial charge in [-0.25, -0.2) is 24.4 Å². The molecular weight excluding hydrogens is 642 g/mol. The molecule has 2 atom stereocenters. The molecule has 0 aliphatic carbocycles. The van der Waals surface area contributed by atoms with Crippen LogP contribution in [0.5, 0.6) is 0 Å². The fourth-order valence-electron chi connectivity index (χ4n) is 5.26. The van der Waals surface area contributed by atoms with Gasteiger partial charge in [-0.2, -0.15) is 0 Å². The van der Waals surface area contributed by atoms with Crippen LogP contribution < -0.4 is 11.2 Å². The summed E-state index contributed by atoms with van der Waals surface area (Å²) in [4.78, 5) is 56.8. The zero-order valence-electron chi connectivity index (χ0n) is 28.4. The number of carboxylic acids is 1. The van der Waals surface area contributed by atoms with Crippen molar-refractivity contribution in [3.63, 3.8) is 0 Å². The number of halogens is 2. The second-order valence-corrected chi connectivity index (χ2v) is 13.6. The van der Waals surface area contributed by atoms with Crippen LogP contribution in [-0.2, 0) is 25.7 Å². The molecule has 3 aromatic rings. The molecule has 0 fully saturated rings. The highest BCUT2D eigenvalue weighted by molar-refractivity contribution is 5.87. The predicted molar refractivity (Wildman–Crippen MR) is 175 cm³/mol. The van der Waals surface area contributed by atoms with Gasteiger partial charge in [0.25, 0.3) is 5.91 Å². The highest BCUT2D eigenvalue weighted by Gasteiger charge is 2.39. The molecule has 2 unspecified atom stereocenters. The van der Waals surface area contributed by atoms with Crippen molar-refractivity contribution in [2.24, 2.45) is 11.3 Å². The SMILES string of the molecule is CC(C)(C)OC(=O)NC(CCN(C(=O)CO)C(c1nc(-c2cc(F)ccc2F)cn1Cc1ccccc1)C(C)(C)C)C(=O)N(N)CC(=O)O. The van der Waals surface area contributed by atoms with Crippen LogP contribution >= 0.6 is 0 Å². The molecule has 15 heteroatoms. The van der Waals surface area contributed by atoms with Crippen molar-refractivity contribution >= 4 is 23.9 Å². The molecule has 2 aromatic carbocycles. The van der Waals surface area contributed by atoms with Crippen molar-refractivity contribution in [1.29, 1.82) is 0 Å². The van der Waals surface area contributed by atoms with Gasteiger partial charge in [0, 0.05) is 24.8 Å². The third-order valence-corrected chi connectivity index (χ3v) is 7.28. The smallest absolute Gasteiger partial charge is 0.408 e. The van der Waals surface area contributed by atoms with E-state index in [4.69, 9.17) is 15.6 Å². The third kappa shape index (κ3) is 10.8. The number of carboxylic acid groups (broad SMARTS) is 1. The van der Waals surface area contributed by atoms with E-state index in [0.29, 0.717) is 5.01 Å². The average Bonchev–Trinajstić information content (AvgIpc) is 3.39. The highest BCUT2D eigenvalue weighted by Crippen LogP contribution is 2.39. The summed E-state index contributed by atoms with van der Waals surface area (Å²) in [6, 6.07) is 9.85. The van der Waals surface area contributed by atoms with Gasteiger partial charge in [0.15, 0.2) is 0 Å². The van der Waals surface area contributed by atoms with Crippen LogP contribution in [0.2, 0.25) is 0 Å². The normalized spacial score (nSPS) is 12.9. The number of hydrogen-bond acceptors (Lipinski definition) is 8. The number of carbonyl (C=O) groups is 4. The van der Waals surface area contributed by atoms with Gasteiger partial charge in [-0.1, -0.05) is 51.1 Å². The zero-order chi connectivity index (χ0) is 36.7. The molecule has 0 saturated heterocycles. The van der Waals surface area contributed by atoms with Crippen molar-refractivity contribution in [1.82, 2.24) is 24.8 Å². The number of aliphatic carboxylic acids is 1. The first-order valence-electron chi connectivity index (χ1n) is 15.5. The van der Waals surface area contributed by atoms with E-state index in [1.165, 1.54) is 4.90 Å². The number of amides is 3. The fraction of sp³-hybridized carbons (Fsp3) is 0.441. The fourth-order valence-corrected chi connectivity index (χ4v) is 5.26. The van der Waals surface area contributed by atoms with Crippen LogP contribution in [-0.4, -0.2) is 84.9 Å². The number of aliphatic hydroxyl groups is 1. The van der Waals surface area contributed by atoms with Crippen LogP contribution in [0, 0.1) is 17.0 Å². The van der Waals surface area contributed by atoms with E-state index < -0.39 is 71.8 Å². The van der Waals surface area contributed by atoms with E-state index in [1.807, 2.05) is 51.1 Å². The molecule has 0 spiro atoms. The Morgan fingerprint density at radius 1 is 1.04 bits per heavy atom. The maximum absolute atomic E-state index is 15.0. The molecule has 13 nitrogen and oxygen atoms in total. The largest absolute Gasteiger partial charge is 0.480 e. The Labute approximate surface area is 283 Å². The number of imidazole rings is 1. The molecule has 1 aromatic heterocycles. The maximum atomic E-state index is 15.0. The van der Waals surface area contributed by atoms with Crippen LogP contribution in [0.25, 0.3) is 11.3 Å². The maximum Gasteiger partial charge on any atom is 0.408 e. The van der Waals surface area contributed by atoms with Crippen molar-refractivity contribution in [2.45, 2.75) is 72.2 Å². The van der Waals surface area contributed by atoms with Gasteiger partial charge in [-0.05, 0) is 56.4 Å². The van der Waals surface area contributed by atoms with E-state index >= 15 is 0 Å². The van der Waals surface area contributed by atoms with Gasteiger partial charge >= 0.3 is 12.1 Å². The summed E-state index contributed by atoms with van der Waals surface area (Å²) in [5.74, 6) is 1.49. The quantitative estimate of drug-likeness (QED) is 0.118. The number of nitrogens with two attached hydrogens (primary N) is 1. The van der Waals surface area contributed by atoms with Gasteiger partial charge < -0.3 is 29.7 Å². The lowest BCUT2D eigenvalue weighted by atomic mass is 9.84. The van der Waals surface area contributed by atoms with Crippen molar-refractivity contribution in [3.05, 3.63) is 77.8 Å². The molecule has 266 valence electrons.